The van der Waals surface area contributed by atoms with Gasteiger partial charge >= 0.3 is 5.97 Å². The van der Waals surface area contributed by atoms with E-state index in [0.717, 1.165) is 0 Å². The van der Waals surface area contributed by atoms with E-state index in [1.807, 2.05) is 26.0 Å². The minimum absolute atomic E-state index is 0. The topological polar surface area (TPSA) is 26.3 Å². The maximum Gasteiger partial charge on any atom is 0.338 e. The molecular formula is C23H40BrO2P. The summed E-state index contributed by atoms with van der Waals surface area (Å²) in [4.78, 5) is 12.3. The molecule has 0 aliphatic carbocycles. The van der Waals surface area contributed by atoms with Crippen molar-refractivity contribution in [3.8, 4) is 0 Å². The van der Waals surface area contributed by atoms with Crippen molar-refractivity contribution in [2.75, 3.05) is 18.5 Å². The van der Waals surface area contributed by atoms with Crippen LogP contribution in [0.2, 0.25) is 0 Å². The third-order valence-electron chi connectivity index (χ3n) is 4.98. The van der Waals surface area contributed by atoms with Gasteiger partial charge in [0.05, 0.1) is 36.3 Å². The summed E-state index contributed by atoms with van der Waals surface area (Å²) >= 11 is 0. The van der Waals surface area contributed by atoms with Crippen molar-refractivity contribution < 1.29 is 26.5 Å². The molecule has 0 saturated carbocycles. The van der Waals surface area contributed by atoms with Crippen LogP contribution in [-0.2, 0) is 10.9 Å². The summed E-state index contributed by atoms with van der Waals surface area (Å²) in [5.41, 5.74) is 2.04. The van der Waals surface area contributed by atoms with Gasteiger partial charge in [0.25, 0.3) is 0 Å². The van der Waals surface area contributed by atoms with Gasteiger partial charge in [0.1, 0.15) is 0 Å². The third kappa shape index (κ3) is 10.1. The largest absolute Gasteiger partial charge is 1.00 e. The van der Waals surface area contributed by atoms with Crippen LogP contribution in [0.15, 0.2) is 24.3 Å². The van der Waals surface area contributed by atoms with E-state index in [9.17, 15) is 4.79 Å². The van der Waals surface area contributed by atoms with E-state index in [-0.39, 0.29) is 29.1 Å². The van der Waals surface area contributed by atoms with Crippen LogP contribution < -0.4 is 17.0 Å². The summed E-state index contributed by atoms with van der Waals surface area (Å²) in [6, 6.07) is 8.22. The number of rotatable bonds is 13. The Balaban J connectivity index is 0.00000676. The Labute approximate surface area is 179 Å². The number of esters is 1. The molecule has 0 amide bonds. The van der Waals surface area contributed by atoms with Crippen LogP contribution in [0.3, 0.4) is 0 Å². The van der Waals surface area contributed by atoms with Crippen LogP contribution in [0.5, 0.6) is 0 Å². The summed E-state index contributed by atoms with van der Waals surface area (Å²) in [5.74, 6) is -0.193. The lowest BCUT2D eigenvalue weighted by atomic mass is 10.1. The van der Waals surface area contributed by atoms with E-state index < -0.39 is 7.26 Å². The highest BCUT2D eigenvalue weighted by atomic mass is 79.9. The smallest absolute Gasteiger partial charge is 0.338 e. The summed E-state index contributed by atoms with van der Waals surface area (Å²) < 4.78 is 5.39. The van der Waals surface area contributed by atoms with Crippen LogP contribution in [0.1, 0.15) is 89.1 Å². The number of carbonyl (C=O) groups is 1. The minimum Gasteiger partial charge on any atom is -1.00 e. The number of carbonyl (C=O) groups excluding carboxylic acids is 1. The van der Waals surface area contributed by atoms with Gasteiger partial charge in [0.15, 0.2) is 0 Å². The van der Waals surface area contributed by atoms with Crippen molar-refractivity contribution >= 4 is 13.2 Å². The van der Waals surface area contributed by atoms with E-state index in [2.05, 4.69) is 32.9 Å². The third-order valence-corrected chi connectivity index (χ3v) is 9.81. The Morgan fingerprint density at radius 1 is 0.963 bits per heavy atom. The molecule has 0 saturated heterocycles. The molecule has 1 rings (SSSR count). The molecule has 0 unspecified atom stereocenters. The molecule has 0 bridgehead atoms. The highest BCUT2D eigenvalue weighted by molar-refractivity contribution is 7.75. The molecule has 0 heterocycles. The zero-order valence-electron chi connectivity index (χ0n) is 18.1. The Morgan fingerprint density at radius 2 is 1.48 bits per heavy atom. The molecule has 4 heteroatoms. The summed E-state index contributed by atoms with van der Waals surface area (Å²) in [5, 5.41) is 0. The maximum atomic E-state index is 12.3. The van der Waals surface area contributed by atoms with Gasteiger partial charge in [-0.25, -0.2) is 4.79 Å². The Bertz CT molecular complexity index is 509. The molecule has 0 N–H and O–H groups in total. The first-order chi connectivity index (χ1) is 12.5. The highest BCUT2D eigenvalue weighted by Crippen LogP contribution is 2.63. The van der Waals surface area contributed by atoms with Crippen LogP contribution >= 0.6 is 7.26 Å². The van der Waals surface area contributed by atoms with Crippen molar-refractivity contribution in [2.24, 2.45) is 0 Å². The second-order valence-electron chi connectivity index (χ2n) is 7.89. The van der Waals surface area contributed by atoms with Gasteiger partial charge in [-0.05, 0) is 50.8 Å². The van der Waals surface area contributed by atoms with Crippen molar-refractivity contribution in [1.82, 2.24) is 0 Å². The maximum absolute atomic E-state index is 12.3. The molecule has 0 radical (unpaired) electrons. The van der Waals surface area contributed by atoms with Gasteiger partial charge in [-0.1, -0.05) is 52.2 Å². The van der Waals surface area contributed by atoms with Crippen LogP contribution in [0.4, 0.5) is 0 Å². The Kier molecular flexibility index (Phi) is 14.4. The van der Waals surface area contributed by atoms with Gasteiger partial charge in [-0.15, -0.1) is 0 Å². The molecule has 0 aliphatic heterocycles. The summed E-state index contributed by atoms with van der Waals surface area (Å²) in [6.07, 6.45) is 13.2. The fourth-order valence-electron chi connectivity index (χ4n) is 3.52. The number of hydrogen-bond donors (Lipinski definition) is 0. The predicted molar refractivity (Wildman–Crippen MR) is 117 cm³/mol. The van der Waals surface area contributed by atoms with E-state index in [0.29, 0.717) is 5.56 Å². The normalized spacial score (nSPS) is 11.3. The van der Waals surface area contributed by atoms with Crippen LogP contribution in [0, 0.1) is 0 Å². The Morgan fingerprint density at radius 3 is 1.93 bits per heavy atom. The van der Waals surface area contributed by atoms with E-state index in [4.69, 9.17) is 4.74 Å². The monoisotopic (exact) mass is 458 g/mol. The first-order valence-electron chi connectivity index (χ1n) is 10.6. The van der Waals surface area contributed by atoms with Gasteiger partial charge in [-0.2, -0.15) is 0 Å². The standard InChI is InChI=1S/C23H40O2P.BrH/c1-6-9-15-26(16-10-7-2,17-11-8-3)19-21-13-12-14-22(18-21)23(24)25-20(4)5;/h12-14,18,20H,6-11,15-17,19H2,1-5H3;1H/q+1;/p-1. The van der Waals surface area contributed by atoms with Gasteiger partial charge in [-0.3, -0.25) is 0 Å². The van der Waals surface area contributed by atoms with Crippen molar-refractivity contribution in [3.05, 3.63) is 35.4 Å². The van der Waals surface area contributed by atoms with E-state index in [1.54, 1.807) is 0 Å². The second kappa shape index (κ2) is 14.6. The lowest BCUT2D eigenvalue weighted by molar-refractivity contribution is -0.0000338. The molecular weight excluding hydrogens is 419 g/mol. The molecule has 0 atom stereocenters. The first-order valence-corrected chi connectivity index (χ1v) is 13.1. The summed E-state index contributed by atoms with van der Waals surface area (Å²) in [7, 11) is -0.997. The van der Waals surface area contributed by atoms with Gasteiger partial charge < -0.3 is 21.7 Å². The van der Waals surface area contributed by atoms with Crippen molar-refractivity contribution in [2.45, 2.75) is 85.4 Å². The molecule has 27 heavy (non-hydrogen) atoms. The summed E-state index contributed by atoms with van der Waals surface area (Å²) in [6.45, 7) is 10.7. The van der Waals surface area contributed by atoms with Crippen LogP contribution in [0.25, 0.3) is 0 Å². The number of halogens is 1. The molecule has 0 spiro atoms. The highest BCUT2D eigenvalue weighted by Gasteiger charge is 2.35. The van der Waals surface area contributed by atoms with E-state index >= 15 is 0 Å². The fraction of sp³-hybridized carbons (Fsp3) is 0.696. The minimum atomic E-state index is -0.997. The van der Waals surface area contributed by atoms with Crippen molar-refractivity contribution in [1.29, 1.82) is 0 Å². The van der Waals surface area contributed by atoms with E-state index in [1.165, 1.54) is 68.7 Å². The number of ether oxygens (including phenoxy) is 1. The number of hydrogen-bond acceptors (Lipinski definition) is 2. The quantitative estimate of drug-likeness (QED) is 0.327. The zero-order valence-corrected chi connectivity index (χ0v) is 20.6. The molecule has 0 aliphatic rings. The first kappa shape index (κ1) is 26.6. The molecule has 0 aromatic heterocycles. The van der Waals surface area contributed by atoms with Crippen molar-refractivity contribution in [3.63, 3.8) is 0 Å². The lowest BCUT2D eigenvalue weighted by Gasteiger charge is -2.28. The lowest BCUT2D eigenvalue weighted by Crippen LogP contribution is -3.00. The number of unbranched alkanes of at least 4 members (excludes halogenated alkanes) is 3. The average molecular weight is 459 g/mol. The molecule has 156 valence electrons. The fourth-order valence-corrected chi connectivity index (χ4v) is 8.60. The zero-order chi connectivity index (χ0) is 19.4. The molecule has 2 nitrogen and oxygen atoms in total. The Hall–Kier alpha value is -0.400. The van der Waals surface area contributed by atoms with Crippen LogP contribution in [-0.4, -0.2) is 30.6 Å². The molecule has 1 aromatic rings. The molecule has 0 fully saturated rings. The SMILES string of the molecule is CCCC[P+](CCCC)(CCCC)Cc1cccc(C(=O)OC(C)C)c1.[Br-]. The predicted octanol–water partition coefficient (Wildman–Crippen LogP) is 4.17. The van der Waals surface area contributed by atoms with Gasteiger partial charge in [0.2, 0.25) is 0 Å². The van der Waals surface area contributed by atoms with Gasteiger partial charge in [0, 0.05) is 7.26 Å². The second-order valence-corrected chi connectivity index (χ2v) is 12.2. The average Bonchev–Trinajstić information content (AvgIpc) is 2.62. The molecule has 1 aromatic carbocycles. The number of benzene rings is 1.